The average molecular weight is 255 g/mol. The minimum atomic E-state index is -0.591. The Labute approximate surface area is 109 Å². The second-order valence-electron chi connectivity index (χ2n) is 6.00. The van der Waals surface area contributed by atoms with Gasteiger partial charge in [-0.2, -0.15) is 0 Å². The number of likely N-dealkylation sites (tertiary alicyclic amines) is 1. The molecular formula is C13H25N3O2. The van der Waals surface area contributed by atoms with E-state index in [4.69, 9.17) is 5.73 Å². The third-order valence-electron chi connectivity index (χ3n) is 3.34. The Kier molecular flexibility index (Phi) is 5.14. The van der Waals surface area contributed by atoms with Gasteiger partial charge in [-0.05, 0) is 24.7 Å². The summed E-state index contributed by atoms with van der Waals surface area (Å²) in [6.45, 7) is 7.39. The Hall–Kier alpha value is -1.10. The van der Waals surface area contributed by atoms with Crippen molar-refractivity contribution >= 4 is 11.8 Å². The molecule has 0 radical (unpaired) electrons. The third kappa shape index (κ3) is 4.29. The van der Waals surface area contributed by atoms with E-state index in [0.717, 1.165) is 25.9 Å². The van der Waals surface area contributed by atoms with Crippen LogP contribution in [-0.4, -0.2) is 42.4 Å². The molecule has 5 heteroatoms. The number of carbonyl (C=O) groups excluding carboxylic acids is 2. The summed E-state index contributed by atoms with van der Waals surface area (Å²) in [6.07, 6.45) is 3.30. The molecule has 1 saturated heterocycles. The summed E-state index contributed by atoms with van der Waals surface area (Å²) in [5.74, 6) is -0.267. The van der Waals surface area contributed by atoms with Gasteiger partial charge in [-0.1, -0.05) is 20.8 Å². The van der Waals surface area contributed by atoms with Crippen molar-refractivity contribution in [2.45, 2.75) is 46.1 Å². The molecule has 2 amide bonds. The molecule has 0 aromatic carbocycles. The molecule has 3 N–H and O–H groups in total. The Morgan fingerprint density at radius 1 is 1.22 bits per heavy atom. The quantitative estimate of drug-likeness (QED) is 0.770. The van der Waals surface area contributed by atoms with Gasteiger partial charge in [-0.15, -0.1) is 0 Å². The molecule has 0 aromatic heterocycles. The maximum absolute atomic E-state index is 11.8. The summed E-state index contributed by atoms with van der Waals surface area (Å²) in [4.78, 5) is 25.4. The van der Waals surface area contributed by atoms with Crippen LogP contribution >= 0.6 is 0 Å². The first-order valence-corrected chi connectivity index (χ1v) is 6.63. The molecule has 1 heterocycles. The van der Waals surface area contributed by atoms with Crippen LogP contribution in [-0.2, 0) is 9.59 Å². The van der Waals surface area contributed by atoms with E-state index in [2.05, 4.69) is 5.32 Å². The number of hydrogen-bond donors (Lipinski definition) is 2. The third-order valence-corrected chi connectivity index (χ3v) is 3.34. The van der Waals surface area contributed by atoms with E-state index in [0.29, 0.717) is 0 Å². The SMILES string of the molecule is CC(C)(C)C(N)C(=O)NCC(=O)N1CCCCC1. The zero-order valence-electron chi connectivity index (χ0n) is 11.7. The molecule has 0 aromatic rings. The van der Waals surface area contributed by atoms with Crippen LogP contribution in [0.15, 0.2) is 0 Å². The number of hydrogen-bond acceptors (Lipinski definition) is 3. The Bertz CT molecular complexity index is 304. The molecule has 1 rings (SSSR count). The van der Waals surface area contributed by atoms with Crippen molar-refractivity contribution in [1.82, 2.24) is 10.2 Å². The van der Waals surface area contributed by atoms with E-state index in [9.17, 15) is 9.59 Å². The molecule has 1 atom stereocenters. The largest absolute Gasteiger partial charge is 0.346 e. The molecule has 0 aliphatic carbocycles. The topological polar surface area (TPSA) is 75.4 Å². The fourth-order valence-electron chi connectivity index (χ4n) is 1.92. The van der Waals surface area contributed by atoms with Gasteiger partial charge in [0.1, 0.15) is 0 Å². The van der Waals surface area contributed by atoms with Gasteiger partial charge < -0.3 is 16.0 Å². The zero-order valence-corrected chi connectivity index (χ0v) is 11.7. The lowest BCUT2D eigenvalue weighted by molar-refractivity contribution is -0.134. The highest BCUT2D eigenvalue weighted by molar-refractivity contribution is 5.87. The number of amides is 2. The molecule has 1 fully saturated rings. The van der Waals surface area contributed by atoms with Crippen LogP contribution in [0.2, 0.25) is 0 Å². The van der Waals surface area contributed by atoms with Crippen LogP contribution in [0.25, 0.3) is 0 Å². The van der Waals surface area contributed by atoms with E-state index in [1.165, 1.54) is 6.42 Å². The molecule has 5 nitrogen and oxygen atoms in total. The van der Waals surface area contributed by atoms with Crippen LogP contribution in [0.3, 0.4) is 0 Å². The maximum atomic E-state index is 11.8. The predicted octanol–water partition coefficient (Wildman–Crippen LogP) is 0.489. The van der Waals surface area contributed by atoms with E-state index in [1.54, 1.807) is 0 Å². The van der Waals surface area contributed by atoms with Gasteiger partial charge in [0.2, 0.25) is 11.8 Å². The van der Waals surface area contributed by atoms with Crippen LogP contribution in [0.1, 0.15) is 40.0 Å². The van der Waals surface area contributed by atoms with Crippen molar-refractivity contribution in [3.8, 4) is 0 Å². The van der Waals surface area contributed by atoms with Crippen LogP contribution in [0.5, 0.6) is 0 Å². The fraction of sp³-hybridized carbons (Fsp3) is 0.846. The summed E-state index contributed by atoms with van der Waals surface area (Å²) in [5, 5.41) is 2.63. The maximum Gasteiger partial charge on any atom is 0.241 e. The van der Waals surface area contributed by atoms with Crippen molar-refractivity contribution < 1.29 is 9.59 Å². The highest BCUT2D eigenvalue weighted by Gasteiger charge is 2.28. The first-order valence-electron chi connectivity index (χ1n) is 6.63. The average Bonchev–Trinajstić information content (AvgIpc) is 2.34. The second kappa shape index (κ2) is 6.18. The number of rotatable bonds is 3. The fourth-order valence-corrected chi connectivity index (χ4v) is 1.92. The summed E-state index contributed by atoms with van der Waals surface area (Å²) in [7, 11) is 0. The highest BCUT2D eigenvalue weighted by Crippen LogP contribution is 2.17. The molecule has 0 saturated carbocycles. The van der Waals surface area contributed by atoms with Gasteiger partial charge in [0.05, 0.1) is 12.6 Å². The zero-order chi connectivity index (χ0) is 13.8. The molecule has 18 heavy (non-hydrogen) atoms. The normalized spacial score (nSPS) is 18.3. The Balaban J connectivity index is 2.36. The molecule has 0 bridgehead atoms. The Morgan fingerprint density at radius 3 is 2.28 bits per heavy atom. The number of nitrogens with zero attached hydrogens (tertiary/aromatic N) is 1. The van der Waals surface area contributed by atoms with Gasteiger partial charge in [-0.25, -0.2) is 0 Å². The predicted molar refractivity (Wildman–Crippen MR) is 70.9 cm³/mol. The number of piperidine rings is 1. The molecule has 1 aliphatic heterocycles. The van der Waals surface area contributed by atoms with Crippen LogP contribution in [0.4, 0.5) is 0 Å². The lowest BCUT2D eigenvalue weighted by Gasteiger charge is -2.28. The van der Waals surface area contributed by atoms with E-state index < -0.39 is 6.04 Å². The second-order valence-corrected chi connectivity index (χ2v) is 6.00. The summed E-state index contributed by atoms with van der Waals surface area (Å²) >= 11 is 0. The van der Waals surface area contributed by atoms with E-state index in [-0.39, 0.29) is 23.8 Å². The molecule has 1 unspecified atom stereocenters. The number of nitrogens with two attached hydrogens (primary N) is 1. The first-order chi connectivity index (χ1) is 8.32. The Morgan fingerprint density at radius 2 is 1.78 bits per heavy atom. The van der Waals surface area contributed by atoms with Crippen molar-refractivity contribution in [3.63, 3.8) is 0 Å². The molecular weight excluding hydrogens is 230 g/mol. The van der Waals surface area contributed by atoms with Gasteiger partial charge in [0.25, 0.3) is 0 Å². The van der Waals surface area contributed by atoms with Gasteiger partial charge in [-0.3, -0.25) is 9.59 Å². The van der Waals surface area contributed by atoms with Crippen LogP contribution < -0.4 is 11.1 Å². The summed E-state index contributed by atoms with van der Waals surface area (Å²) in [5.41, 5.74) is 5.53. The molecule has 104 valence electrons. The van der Waals surface area contributed by atoms with Crippen molar-refractivity contribution in [1.29, 1.82) is 0 Å². The van der Waals surface area contributed by atoms with Crippen molar-refractivity contribution in [2.24, 2.45) is 11.1 Å². The van der Waals surface area contributed by atoms with E-state index in [1.807, 2.05) is 25.7 Å². The monoisotopic (exact) mass is 255 g/mol. The number of carbonyl (C=O) groups is 2. The van der Waals surface area contributed by atoms with E-state index >= 15 is 0 Å². The summed E-state index contributed by atoms with van der Waals surface area (Å²) < 4.78 is 0. The minimum absolute atomic E-state index is 0.0100. The van der Waals surface area contributed by atoms with Crippen molar-refractivity contribution in [3.05, 3.63) is 0 Å². The first kappa shape index (κ1) is 15.0. The lowest BCUT2D eigenvalue weighted by atomic mass is 9.87. The minimum Gasteiger partial charge on any atom is -0.346 e. The van der Waals surface area contributed by atoms with Gasteiger partial charge in [0, 0.05) is 13.1 Å². The smallest absolute Gasteiger partial charge is 0.241 e. The van der Waals surface area contributed by atoms with Gasteiger partial charge >= 0.3 is 0 Å². The van der Waals surface area contributed by atoms with Crippen LogP contribution in [0, 0.1) is 5.41 Å². The standard InChI is InChI=1S/C13H25N3O2/c1-13(2,3)11(14)12(18)15-9-10(17)16-7-5-4-6-8-16/h11H,4-9,14H2,1-3H3,(H,15,18). The highest BCUT2D eigenvalue weighted by atomic mass is 16.2. The summed E-state index contributed by atoms with van der Waals surface area (Å²) in [6, 6.07) is -0.591. The van der Waals surface area contributed by atoms with Gasteiger partial charge in [0.15, 0.2) is 0 Å². The lowest BCUT2D eigenvalue weighted by Crippen LogP contribution is -2.51. The molecule has 1 aliphatic rings. The molecule has 0 spiro atoms. The van der Waals surface area contributed by atoms with Crippen molar-refractivity contribution in [2.75, 3.05) is 19.6 Å². The number of nitrogens with one attached hydrogen (secondary N) is 1.